The lowest BCUT2D eigenvalue weighted by atomic mass is 9.73. The summed E-state index contributed by atoms with van der Waals surface area (Å²) in [6.07, 6.45) is 1.80. The summed E-state index contributed by atoms with van der Waals surface area (Å²) < 4.78 is 5.11. The molecule has 3 fully saturated rings. The van der Waals surface area contributed by atoms with Crippen LogP contribution in [0.25, 0.3) is 0 Å². The SMILES string of the molecule is O=C(COC(=O)c1ccc(N2C(=O)[C@@H]3[C@@H]4C[C@@H]([C@@H]3C2=O)[C@@H](c2ccccc2)C4)cc1)c1ccc([N+](=O)[O-])cc1. The van der Waals surface area contributed by atoms with Crippen LogP contribution in [0.2, 0.25) is 0 Å². The molecule has 3 aromatic rings. The van der Waals surface area contributed by atoms with Crippen LogP contribution in [0.5, 0.6) is 0 Å². The van der Waals surface area contributed by atoms with Crippen molar-refractivity contribution in [2.24, 2.45) is 23.7 Å². The number of imide groups is 1. The van der Waals surface area contributed by atoms with Gasteiger partial charge in [-0.05, 0) is 72.6 Å². The molecule has 3 aromatic carbocycles. The molecule has 3 aliphatic rings. The Morgan fingerprint density at radius 2 is 1.49 bits per heavy atom. The molecule has 6 rings (SSSR count). The molecule has 0 radical (unpaired) electrons. The van der Waals surface area contributed by atoms with Crippen LogP contribution in [-0.4, -0.2) is 35.1 Å². The second-order valence-corrected chi connectivity index (χ2v) is 10.3. The van der Waals surface area contributed by atoms with Crippen molar-refractivity contribution in [2.45, 2.75) is 18.8 Å². The van der Waals surface area contributed by atoms with Crippen LogP contribution in [0.1, 0.15) is 45.0 Å². The predicted molar refractivity (Wildman–Crippen MR) is 139 cm³/mol. The first-order valence-electron chi connectivity index (χ1n) is 12.8. The molecule has 1 saturated heterocycles. The second kappa shape index (κ2) is 9.58. The first kappa shape index (κ1) is 24.7. The molecule has 0 N–H and O–H groups in total. The fraction of sp³-hybridized carbons (Fsp3) is 0.267. The van der Waals surface area contributed by atoms with Crippen LogP contribution in [0.3, 0.4) is 0 Å². The minimum Gasteiger partial charge on any atom is -0.454 e. The number of fused-ring (bicyclic) bond motifs is 5. The van der Waals surface area contributed by atoms with Crippen molar-refractivity contribution in [3.8, 4) is 0 Å². The number of hydrogen-bond donors (Lipinski definition) is 0. The maximum atomic E-state index is 13.5. The minimum atomic E-state index is -0.739. The van der Waals surface area contributed by atoms with Crippen molar-refractivity contribution < 1.29 is 28.8 Å². The van der Waals surface area contributed by atoms with Gasteiger partial charge < -0.3 is 4.74 Å². The van der Waals surface area contributed by atoms with Gasteiger partial charge in [0.2, 0.25) is 11.8 Å². The van der Waals surface area contributed by atoms with Crippen LogP contribution < -0.4 is 4.90 Å². The Morgan fingerprint density at radius 3 is 2.15 bits per heavy atom. The largest absolute Gasteiger partial charge is 0.454 e. The number of anilines is 1. The summed E-state index contributed by atoms with van der Waals surface area (Å²) in [7, 11) is 0. The van der Waals surface area contributed by atoms with Crippen molar-refractivity contribution >= 4 is 34.9 Å². The Hall–Kier alpha value is -4.66. The number of carbonyl (C=O) groups is 4. The maximum Gasteiger partial charge on any atom is 0.338 e. The van der Waals surface area contributed by atoms with Gasteiger partial charge in [0.05, 0.1) is 28.0 Å². The van der Waals surface area contributed by atoms with Crippen molar-refractivity contribution in [3.05, 3.63) is 106 Å². The third-order valence-electron chi connectivity index (χ3n) is 8.34. The topological polar surface area (TPSA) is 124 Å². The highest BCUT2D eigenvalue weighted by Gasteiger charge is 2.64. The third kappa shape index (κ3) is 4.20. The maximum absolute atomic E-state index is 13.5. The molecule has 2 amide bonds. The van der Waals surface area contributed by atoms with E-state index < -0.39 is 23.3 Å². The Labute approximate surface area is 223 Å². The summed E-state index contributed by atoms with van der Waals surface area (Å²) in [6, 6.07) is 21.2. The molecule has 0 spiro atoms. The molecule has 9 nitrogen and oxygen atoms in total. The van der Waals surface area contributed by atoms with E-state index in [1.54, 1.807) is 12.1 Å². The van der Waals surface area contributed by atoms with Gasteiger partial charge in [0, 0.05) is 17.7 Å². The lowest BCUT2D eigenvalue weighted by molar-refractivity contribution is -0.384. The molecule has 5 atom stereocenters. The van der Waals surface area contributed by atoms with Gasteiger partial charge >= 0.3 is 5.97 Å². The van der Waals surface area contributed by atoms with Crippen LogP contribution in [-0.2, 0) is 14.3 Å². The van der Waals surface area contributed by atoms with Crippen LogP contribution in [0.15, 0.2) is 78.9 Å². The van der Waals surface area contributed by atoms with Crippen molar-refractivity contribution in [1.82, 2.24) is 0 Å². The van der Waals surface area contributed by atoms with E-state index in [0.29, 0.717) is 5.69 Å². The smallest absolute Gasteiger partial charge is 0.338 e. The predicted octanol–water partition coefficient (Wildman–Crippen LogP) is 4.56. The van der Waals surface area contributed by atoms with E-state index in [1.165, 1.54) is 46.9 Å². The van der Waals surface area contributed by atoms with Gasteiger partial charge in [0.1, 0.15) is 0 Å². The highest BCUT2D eigenvalue weighted by molar-refractivity contribution is 6.22. The number of benzene rings is 3. The number of ketones is 1. The number of esters is 1. The lowest BCUT2D eigenvalue weighted by Crippen LogP contribution is -2.33. The molecule has 9 heteroatoms. The fourth-order valence-corrected chi connectivity index (χ4v) is 6.61. The van der Waals surface area contributed by atoms with Crippen LogP contribution in [0.4, 0.5) is 11.4 Å². The monoisotopic (exact) mass is 524 g/mol. The van der Waals surface area contributed by atoms with Crippen LogP contribution >= 0.6 is 0 Å². The average Bonchev–Trinajstić information content (AvgIpc) is 3.63. The van der Waals surface area contributed by atoms with Gasteiger partial charge in [-0.25, -0.2) is 4.79 Å². The van der Waals surface area contributed by atoms with Gasteiger partial charge in [0.15, 0.2) is 12.4 Å². The molecule has 2 saturated carbocycles. The Morgan fingerprint density at radius 1 is 0.846 bits per heavy atom. The van der Waals surface area contributed by atoms with Gasteiger partial charge in [0.25, 0.3) is 5.69 Å². The number of nitro groups is 1. The number of nitrogens with zero attached hydrogens (tertiary/aromatic N) is 2. The quantitative estimate of drug-likeness (QED) is 0.146. The summed E-state index contributed by atoms with van der Waals surface area (Å²) in [6.45, 7) is -0.532. The van der Waals surface area contributed by atoms with E-state index in [0.717, 1.165) is 12.8 Å². The zero-order valence-electron chi connectivity index (χ0n) is 20.8. The number of rotatable bonds is 7. The zero-order valence-corrected chi connectivity index (χ0v) is 20.8. The van der Waals surface area contributed by atoms with Gasteiger partial charge in [-0.3, -0.25) is 29.4 Å². The Balaban J connectivity index is 1.11. The molecular weight excluding hydrogens is 500 g/mol. The molecule has 0 aromatic heterocycles. The number of non-ortho nitro benzene ring substituents is 1. The van der Waals surface area contributed by atoms with Crippen molar-refractivity contribution in [2.75, 3.05) is 11.5 Å². The molecule has 39 heavy (non-hydrogen) atoms. The van der Waals surface area contributed by atoms with E-state index in [2.05, 4.69) is 12.1 Å². The molecule has 196 valence electrons. The summed E-state index contributed by atoms with van der Waals surface area (Å²) >= 11 is 0. The summed E-state index contributed by atoms with van der Waals surface area (Å²) in [5.41, 5.74) is 1.83. The highest BCUT2D eigenvalue weighted by Crippen LogP contribution is 2.61. The number of nitro benzene ring substituents is 1. The molecular formula is C30H24N2O7. The standard InChI is InChI=1S/C30H24N2O7/c33-25(18-6-12-22(13-7-18)32(37)38)16-39-30(36)19-8-10-21(11-9-19)31-28(34)26-20-14-23(17-4-2-1-3-5-17)24(15-20)27(26)29(31)35/h1-13,20,23-24,26-27H,14-16H2/t20-,23+,24+,26+,27-/m0/s1. The third-order valence-corrected chi connectivity index (χ3v) is 8.34. The van der Waals surface area contributed by atoms with E-state index in [1.807, 2.05) is 18.2 Å². The molecule has 0 unspecified atom stereocenters. The van der Waals surface area contributed by atoms with E-state index in [9.17, 15) is 29.3 Å². The number of amides is 2. The first-order chi connectivity index (χ1) is 18.8. The van der Waals surface area contributed by atoms with Crippen LogP contribution in [0, 0.1) is 33.8 Å². The fourth-order valence-electron chi connectivity index (χ4n) is 6.61. The average molecular weight is 525 g/mol. The molecule has 2 bridgehead atoms. The van der Waals surface area contributed by atoms with E-state index >= 15 is 0 Å². The summed E-state index contributed by atoms with van der Waals surface area (Å²) in [5, 5.41) is 10.8. The summed E-state index contributed by atoms with van der Waals surface area (Å²) in [5.74, 6) is -1.60. The number of ether oxygens (including phenoxy) is 1. The van der Waals surface area contributed by atoms with Crippen molar-refractivity contribution in [1.29, 1.82) is 0 Å². The number of hydrogen-bond acceptors (Lipinski definition) is 7. The Kier molecular flexibility index (Phi) is 6.06. The Bertz CT molecular complexity index is 1480. The normalized spacial score (nSPS) is 25.0. The van der Waals surface area contributed by atoms with Crippen molar-refractivity contribution in [3.63, 3.8) is 0 Å². The van der Waals surface area contributed by atoms with Gasteiger partial charge in [-0.2, -0.15) is 0 Å². The minimum absolute atomic E-state index is 0.145. The van der Waals surface area contributed by atoms with E-state index in [-0.39, 0.29) is 58.2 Å². The van der Waals surface area contributed by atoms with E-state index in [4.69, 9.17) is 4.74 Å². The lowest BCUT2D eigenvalue weighted by Gasteiger charge is -2.28. The number of carbonyl (C=O) groups excluding carboxylic acids is 4. The summed E-state index contributed by atoms with van der Waals surface area (Å²) in [4.78, 5) is 63.1. The van der Waals surface area contributed by atoms with Gasteiger partial charge in [-0.1, -0.05) is 30.3 Å². The van der Waals surface area contributed by atoms with Gasteiger partial charge in [-0.15, -0.1) is 0 Å². The first-order valence-corrected chi connectivity index (χ1v) is 12.8. The second-order valence-electron chi connectivity index (χ2n) is 10.3. The zero-order chi connectivity index (χ0) is 27.3. The molecule has 1 aliphatic heterocycles. The number of Topliss-reactive ketones (excluding diaryl/α,β-unsaturated/α-hetero) is 1. The molecule has 2 aliphatic carbocycles. The molecule has 1 heterocycles. The highest BCUT2D eigenvalue weighted by atomic mass is 16.6.